The summed E-state index contributed by atoms with van der Waals surface area (Å²) in [5.74, 6) is 2.24. The third-order valence-electron chi connectivity index (χ3n) is 13.2. The number of phenols is 1. The number of nitrogens with zero attached hydrogens (tertiary/aromatic N) is 10. The summed E-state index contributed by atoms with van der Waals surface area (Å²) in [5, 5.41) is 24.2. The molecule has 10 rings (SSSR count). The van der Waals surface area contributed by atoms with E-state index >= 15 is 0 Å². The number of sulfonamides is 2. The van der Waals surface area contributed by atoms with Crippen LogP contribution in [0.15, 0.2) is 119 Å². The van der Waals surface area contributed by atoms with Crippen molar-refractivity contribution in [3.8, 4) is 11.5 Å². The minimum absolute atomic E-state index is 0.0189. The quantitative estimate of drug-likeness (QED) is 0.0989. The molecule has 424 valence electrons. The number of phenolic OH excluding ortho intramolecular Hbond substituents is 1. The summed E-state index contributed by atoms with van der Waals surface area (Å²) in [6.07, 6.45) is 0. The van der Waals surface area contributed by atoms with E-state index in [2.05, 4.69) is 40.4 Å². The lowest BCUT2D eigenvalue weighted by Crippen LogP contribution is -2.49. The fourth-order valence-electron chi connectivity index (χ4n) is 8.84. The number of aliphatic hydroxyl groups is 1. The van der Waals surface area contributed by atoms with Crippen LogP contribution in [0.2, 0.25) is 0 Å². The van der Waals surface area contributed by atoms with Gasteiger partial charge in [0.15, 0.2) is 0 Å². The molecule has 4 aliphatic rings. The molecule has 4 aromatic carbocycles. The van der Waals surface area contributed by atoms with E-state index in [9.17, 15) is 30.7 Å². The van der Waals surface area contributed by atoms with Crippen molar-refractivity contribution in [1.29, 1.82) is 0 Å². The first-order chi connectivity index (χ1) is 38.1. The average Bonchev–Trinajstić information content (AvgIpc) is 3.47. The van der Waals surface area contributed by atoms with Gasteiger partial charge >= 0.3 is 0 Å². The van der Waals surface area contributed by atoms with E-state index in [4.69, 9.17) is 19.3 Å². The lowest BCUT2D eigenvalue weighted by molar-refractivity contribution is 0.0306. The Morgan fingerprint density at radius 3 is 1.33 bits per heavy atom. The van der Waals surface area contributed by atoms with Gasteiger partial charge in [-0.3, -0.25) is 9.80 Å². The maximum absolute atomic E-state index is 13.3. The Morgan fingerprint density at radius 1 is 0.532 bits per heavy atom. The molecule has 2 aromatic heterocycles. The Labute approximate surface area is 460 Å². The summed E-state index contributed by atoms with van der Waals surface area (Å²) in [6, 6.07) is 27.7. The van der Waals surface area contributed by atoms with E-state index in [0.29, 0.717) is 99.6 Å². The van der Waals surface area contributed by atoms with Crippen LogP contribution in [0.5, 0.6) is 11.5 Å². The Balaban J connectivity index is 0.000000183. The topological polar surface area (TPSA) is 231 Å². The number of hydrogen-bond acceptors (Lipinski definition) is 19. The predicted octanol–water partition coefficient (Wildman–Crippen LogP) is 5.08. The molecular weight excluding hydrogens is 1060 g/mol. The molecule has 0 spiro atoms. The molecule has 4 N–H and O–H groups in total. The highest BCUT2D eigenvalue weighted by Gasteiger charge is 2.31. The summed E-state index contributed by atoms with van der Waals surface area (Å²) >= 11 is 0. The first-order valence-electron chi connectivity index (χ1n) is 26.1. The number of nitrogens with one attached hydrogen (secondary N) is 2. The molecule has 0 aliphatic carbocycles. The van der Waals surface area contributed by atoms with Gasteiger partial charge < -0.3 is 44.9 Å². The predicted molar refractivity (Wildman–Crippen MR) is 296 cm³/mol. The summed E-state index contributed by atoms with van der Waals surface area (Å²) in [6.45, 7) is 16.0. The van der Waals surface area contributed by atoms with E-state index in [1.54, 1.807) is 54.6 Å². The lowest BCUT2D eigenvalue weighted by atomic mass is 10.3. The molecule has 25 heteroatoms. The lowest BCUT2D eigenvalue weighted by Gasteiger charge is -2.34. The van der Waals surface area contributed by atoms with E-state index < -0.39 is 20.0 Å². The number of aromatic hydroxyl groups is 1. The number of aryl methyl sites for hydroxylation is 2. The van der Waals surface area contributed by atoms with Crippen molar-refractivity contribution >= 4 is 55.0 Å². The van der Waals surface area contributed by atoms with E-state index in [0.717, 1.165) is 77.1 Å². The van der Waals surface area contributed by atoms with Crippen LogP contribution in [0, 0.1) is 25.5 Å². The highest BCUT2D eigenvalue weighted by Crippen LogP contribution is 2.26. The highest BCUT2D eigenvalue weighted by molar-refractivity contribution is 7.89. The minimum Gasteiger partial charge on any atom is -0.508 e. The van der Waals surface area contributed by atoms with Gasteiger partial charge in [-0.05, 0) is 111 Å². The van der Waals surface area contributed by atoms with Crippen LogP contribution in [-0.2, 0) is 29.5 Å². The van der Waals surface area contributed by atoms with Crippen molar-refractivity contribution in [2.45, 2.75) is 23.6 Å². The summed E-state index contributed by atoms with van der Waals surface area (Å²) in [7, 11) is -7.27. The molecule has 6 heterocycles. The molecule has 6 aromatic rings. The van der Waals surface area contributed by atoms with Gasteiger partial charge in [0.2, 0.25) is 31.9 Å². The van der Waals surface area contributed by atoms with Gasteiger partial charge in [-0.2, -0.15) is 18.6 Å². The zero-order valence-corrected chi connectivity index (χ0v) is 46.0. The van der Waals surface area contributed by atoms with Crippen LogP contribution in [0.1, 0.15) is 11.4 Å². The Bertz CT molecular complexity index is 3090. The van der Waals surface area contributed by atoms with Crippen molar-refractivity contribution in [3.05, 3.63) is 132 Å². The number of rotatable bonds is 16. The largest absolute Gasteiger partial charge is 0.508 e. The highest BCUT2D eigenvalue weighted by atomic mass is 32.2. The number of anilines is 6. The monoisotopic (exact) mass is 1130 g/mol. The Kier molecular flexibility index (Phi) is 20.7. The van der Waals surface area contributed by atoms with E-state index in [1.165, 1.54) is 57.1 Å². The average molecular weight is 1130 g/mol. The molecule has 0 amide bonds. The zero-order chi connectivity index (χ0) is 55.8. The molecule has 0 saturated carbocycles. The SMILES string of the molecule is Cc1cc(Nc2ccc(F)cc2)nc(N2CCN(S(=O)(=O)c3ccc(O)cc3)CC2)n1.Cc1cc(Nc2ccc(F)cc2)nc(N2CCN(S(=O)(=O)c3ccc(OCCN4CCOCC4)cc3)CC2)n1.OCCN1CCOCC1. The van der Waals surface area contributed by atoms with E-state index in [-0.39, 0.29) is 33.8 Å². The summed E-state index contributed by atoms with van der Waals surface area (Å²) < 4.78 is 97.8. The van der Waals surface area contributed by atoms with Crippen molar-refractivity contribution in [2.24, 2.45) is 0 Å². The Hall–Kier alpha value is -6.68. The van der Waals surface area contributed by atoms with Gasteiger partial charge in [0.05, 0.1) is 42.8 Å². The zero-order valence-electron chi connectivity index (χ0n) is 44.3. The van der Waals surface area contributed by atoms with Crippen LogP contribution in [0.4, 0.5) is 43.7 Å². The third kappa shape index (κ3) is 16.9. The number of aliphatic hydroxyl groups excluding tert-OH is 1. The minimum atomic E-state index is -3.64. The fraction of sp³-hybridized carbons (Fsp3) is 0.407. The van der Waals surface area contributed by atoms with Crippen molar-refractivity contribution in [2.75, 3.05) is 152 Å². The number of hydrogen-bond donors (Lipinski definition) is 4. The first kappa shape index (κ1) is 58.5. The molecule has 0 atom stereocenters. The van der Waals surface area contributed by atoms with Gasteiger partial charge in [0.1, 0.15) is 41.4 Å². The molecular formula is C54H68F2N12O9S2. The molecule has 4 aliphatic heterocycles. The first-order valence-corrected chi connectivity index (χ1v) is 29.0. The normalized spacial score (nSPS) is 17.0. The van der Waals surface area contributed by atoms with Crippen LogP contribution >= 0.6 is 0 Å². The molecule has 4 saturated heterocycles. The van der Waals surface area contributed by atoms with Crippen molar-refractivity contribution in [3.63, 3.8) is 0 Å². The summed E-state index contributed by atoms with van der Waals surface area (Å²) in [5.41, 5.74) is 2.95. The van der Waals surface area contributed by atoms with Crippen LogP contribution in [-0.4, -0.2) is 197 Å². The fourth-order valence-corrected chi connectivity index (χ4v) is 11.7. The third-order valence-corrected chi connectivity index (χ3v) is 17.0. The maximum atomic E-state index is 13.3. The van der Waals surface area contributed by atoms with Gasteiger partial charge in [-0.15, -0.1) is 0 Å². The van der Waals surface area contributed by atoms with Gasteiger partial charge in [0.25, 0.3) is 0 Å². The smallest absolute Gasteiger partial charge is 0.243 e. The molecule has 0 bridgehead atoms. The summed E-state index contributed by atoms with van der Waals surface area (Å²) in [4.78, 5) is 27.0. The molecule has 4 fully saturated rings. The molecule has 0 radical (unpaired) electrons. The van der Waals surface area contributed by atoms with Crippen molar-refractivity contribution in [1.82, 2.24) is 38.3 Å². The second kappa shape index (κ2) is 28.0. The number of morpholine rings is 2. The van der Waals surface area contributed by atoms with Gasteiger partial charge in [0, 0.05) is 127 Å². The standard InChI is InChI=1S/C27H33FN6O4S.C21H22FN5O3S.C6H13NO2/c1-21-20-26(30-23-4-2-22(28)3-5-23)31-27(29-21)33-10-12-34(13-11-33)39(35,36)25-8-6-24(7-9-25)38-19-16-32-14-17-37-18-15-32;1-15-14-20(24-17-4-2-16(22)3-5-17)25-21(23-15)26-10-12-27(13-11-26)31(29,30)19-8-6-18(28)7-9-19;8-4-1-7-2-5-9-6-3-7/h2-9,20H,10-19H2,1H3,(H,29,30,31);2-9,14,28H,10-13H2,1H3,(H,23,24,25);8H,1-6H2. The number of ether oxygens (including phenoxy) is 3. The molecule has 0 unspecified atom stereocenters. The molecule has 79 heavy (non-hydrogen) atoms. The van der Waals surface area contributed by atoms with Gasteiger partial charge in [-0.25, -0.2) is 35.6 Å². The van der Waals surface area contributed by atoms with Crippen LogP contribution < -0.4 is 25.2 Å². The number of halogens is 2. The number of benzene rings is 4. The Morgan fingerprint density at radius 2 is 0.924 bits per heavy atom. The maximum Gasteiger partial charge on any atom is 0.243 e. The number of aromatic nitrogens is 4. The number of piperazine rings is 2. The van der Waals surface area contributed by atoms with E-state index in [1.807, 2.05) is 29.7 Å². The van der Waals surface area contributed by atoms with Crippen LogP contribution in [0.25, 0.3) is 0 Å². The van der Waals surface area contributed by atoms with Crippen LogP contribution in [0.3, 0.4) is 0 Å². The second-order valence-corrected chi connectivity index (χ2v) is 22.8. The molecule has 21 nitrogen and oxygen atoms in total. The number of β-amino-alcohol motifs (C(OH)–C–C–N with tert-alkyl or cyclic N) is 1. The van der Waals surface area contributed by atoms with Crippen molar-refractivity contribution < 1.29 is 50.0 Å². The second-order valence-electron chi connectivity index (χ2n) is 18.9. The van der Waals surface area contributed by atoms with Gasteiger partial charge in [-0.1, -0.05) is 0 Å².